The summed E-state index contributed by atoms with van der Waals surface area (Å²) >= 11 is 1.93. The third-order valence-electron chi connectivity index (χ3n) is 2.99. The van der Waals surface area contributed by atoms with E-state index in [0.29, 0.717) is 6.10 Å². The van der Waals surface area contributed by atoms with E-state index in [0.717, 1.165) is 39.3 Å². The van der Waals surface area contributed by atoms with Gasteiger partial charge in [0.1, 0.15) is 0 Å². The van der Waals surface area contributed by atoms with E-state index in [2.05, 4.69) is 23.4 Å². The van der Waals surface area contributed by atoms with E-state index >= 15 is 0 Å². The molecule has 4 heteroatoms. The summed E-state index contributed by atoms with van der Waals surface area (Å²) in [7, 11) is 0. The minimum Gasteiger partial charge on any atom is -0.374 e. The van der Waals surface area contributed by atoms with Crippen LogP contribution in [0.15, 0.2) is 0 Å². The maximum atomic E-state index is 5.73. The molecule has 1 aliphatic rings. The van der Waals surface area contributed by atoms with Crippen molar-refractivity contribution in [3.63, 3.8) is 0 Å². The molecule has 1 aliphatic heterocycles. The van der Waals surface area contributed by atoms with Crippen molar-refractivity contribution in [1.82, 2.24) is 10.2 Å². The number of ether oxygens (including phenoxy) is 1. The second-order valence-corrected chi connectivity index (χ2v) is 5.28. The van der Waals surface area contributed by atoms with Crippen LogP contribution in [-0.4, -0.2) is 62.3 Å². The van der Waals surface area contributed by atoms with E-state index in [9.17, 15) is 0 Å². The van der Waals surface area contributed by atoms with Crippen LogP contribution in [0.4, 0.5) is 0 Å². The highest BCUT2D eigenvalue weighted by atomic mass is 32.2. The van der Waals surface area contributed by atoms with Crippen molar-refractivity contribution < 1.29 is 4.74 Å². The third-order valence-corrected chi connectivity index (χ3v) is 3.69. The number of unbranched alkanes of at least 4 members (excludes halogenated alkanes) is 1. The highest BCUT2D eigenvalue weighted by Crippen LogP contribution is 2.04. The van der Waals surface area contributed by atoms with Gasteiger partial charge in [0.15, 0.2) is 0 Å². The largest absolute Gasteiger partial charge is 0.374 e. The van der Waals surface area contributed by atoms with E-state index in [1.54, 1.807) is 0 Å². The fraction of sp³-hybridized carbons (Fsp3) is 1.00. The zero-order chi connectivity index (χ0) is 11.6. The van der Waals surface area contributed by atoms with Gasteiger partial charge < -0.3 is 10.1 Å². The van der Waals surface area contributed by atoms with Crippen LogP contribution in [0.2, 0.25) is 0 Å². The minimum atomic E-state index is 0.397. The van der Waals surface area contributed by atoms with Gasteiger partial charge >= 0.3 is 0 Å². The lowest BCUT2D eigenvalue weighted by Crippen LogP contribution is -2.46. The highest BCUT2D eigenvalue weighted by Gasteiger charge is 2.18. The molecule has 1 saturated heterocycles. The molecule has 1 N–H and O–H groups in total. The molecule has 0 saturated carbocycles. The summed E-state index contributed by atoms with van der Waals surface area (Å²) in [6.45, 7) is 8.59. The molecule has 1 atom stereocenters. The number of hydrogen-bond donors (Lipinski definition) is 1. The number of nitrogens with one attached hydrogen (secondary N) is 1. The Balaban J connectivity index is 1.95. The van der Waals surface area contributed by atoms with Crippen LogP contribution in [-0.2, 0) is 4.74 Å². The van der Waals surface area contributed by atoms with Gasteiger partial charge in [-0.15, -0.1) is 0 Å². The fourth-order valence-electron chi connectivity index (χ4n) is 1.95. The number of morpholine rings is 1. The van der Waals surface area contributed by atoms with Crippen LogP contribution in [0, 0.1) is 0 Å². The zero-order valence-corrected chi connectivity index (χ0v) is 11.5. The molecule has 0 bridgehead atoms. The Morgan fingerprint density at radius 2 is 2.31 bits per heavy atom. The Kier molecular flexibility index (Phi) is 8.29. The summed E-state index contributed by atoms with van der Waals surface area (Å²) in [5.74, 6) is 1.28. The van der Waals surface area contributed by atoms with Crippen molar-refractivity contribution in [3.05, 3.63) is 0 Å². The molecule has 3 nitrogen and oxygen atoms in total. The zero-order valence-electron chi connectivity index (χ0n) is 10.7. The summed E-state index contributed by atoms with van der Waals surface area (Å²) in [5, 5.41) is 3.50. The Labute approximate surface area is 104 Å². The van der Waals surface area contributed by atoms with Crippen molar-refractivity contribution in [2.24, 2.45) is 0 Å². The average Bonchev–Trinajstić information content (AvgIpc) is 2.34. The van der Waals surface area contributed by atoms with Gasteiger partial charge in [-0.1, -0.05) is 6.92 Å². The molecule has 0 aromatic carbocycles. The van der Waals surface area contributed by atoms with Gasteiger partial charge in [0, 0.05) is 19.6 Å². The SMILES string of the molecule is CCN1CCOC(CNCCCCSC)C1. The number of hydrogen-bond acceptors (Lipinski definition) is 4. The first-order valence-electron chi connectivity index (χ1n) is 6.40. The topological polar surface area (TPSA) is 24.5 Å². The lowest BCUT2D eigenvalue weighted by Gasteiger charge is -2.32. The van der Waals surface area contributed by atoms with E-state index in [4.69, 9.17) is 4.74 Å². The first-order valence-corrected chi connectivity index (χ1v) is 7.79. The van der Waals surface area contributed by atoms with Gasteiger partial charge in [0.25, 0.3) is 0 Å². The van der Waals surface area contributed by atoms with Crippen molar-refractivity contribution in [2.45, 2.75) is 25.9 Å². The maximum Gasteiger partial charge on any atom is 0.0826 e. The number of rotatable bonds is 8. The third kappa shape index (κ3) is 6.09. The van der Waals surface area contributed by atoms with Gasteiger partial charge in [0.05, 0.1) is 12.7 Å². The van der Waals surface area contributed by atoms with Crippen LogP contribution in [0.3, 0.4) is 0 Å². The average molecular weight is 246 g/mol. The van der Waals surface area contributed by atoms with E-state index in [1.807, 2.05) is 11.8 Å². The summed E-state index contributed by atoms with van der Waals surface area (Å²) in [5.41, 5.74) is 0. The number of thioether (sulfide) groups is 1. The molecule has 1 fully saturated rings. The normalized spacial score (nSPS) is 22.5. The maximum absolute atomic E-state index is 5.73. The monoisotopic (exact) mass is 246 g/mol. The van der Waals surface area contributed by atoms with Crippen LogP contribution in [0.25, 0.3) is 0 Å². The van der Waals surface area contributed by atoms with Crippen molar-refractivity contribution >= 4 is 11.8 Å². The standard InChI is InChI=1S/C12H26N2OS/c1-3-14-7-8-15-12(11-14)10-13-6-4-5-9-16-2/h12-13H,3-11H2,1-2H3. The number of likely N-dealkylation sites (N-methyl/N-ethyl adjacent to an activating group) is 1. The Morgan fingerprint density at radius 1 is 1.44 bits per heavy atom. The molecule has 0 radical (unpaired) electrons. The van der Waals surface area contributed by atoms with Crippen LogP contribution < -0.4 is 5.32 Å². The molecule has 0 aliphatic carbocycles. The molecule has 0 aromatic rings. The summed E-state index contributed by atoms with van der Waals surface area (Å²) in [6, 6.07) is 0. The van der Waals surface area contributed by atoms with Crippen LogP contribution in [0.1, 0.15) is 19.8 Å². The van der Waals surface area contributed by atoms with Gasteiger partial charge in [-0.05, 0) is 37.9 Å². The van der Waals surface area contributed by atoms with E-state index < -0.39 is 0 Å². The van der Waals surface area contributed by atoms with Crippen molar-refractivity contribution in [2.75, 3.05) is 51.3 Å². The first kappa shape index (κ1) is 14.3. The van der Waals surface area contributed by atoms with Gasteiger partial charge in [-0.2, -0.15) is 11.8 Å². The molecule has 1 unspecified atom stereocenters. The molecule has 0 aromatic heterocycles. The predicted octanol–water partition coefficient (Wildman–Crippen LogP) is 1.44. The second kappa shape index (κ2) is 9.28. The smallest absolute Gasteiger partial charge is 0.0826 e. The number of nitrogens with zero attached hydrogens (tertiary/aromatic N) is 1. The Bertz CT molecular complexity index is 169. The van der Waals surface area contributed by atoms with Crippen LogP contribution in [0.5, 0.6) is 0 Å². The Morgan fingerprint density at radius 3 is 3.06 bits per heavy atom. The van der Waals surface area contributed by atoms with E-state index in [-0.39, 0.29) is 0 Å². The summed E-state index contributed by atoms with van der Waals surface area (Å²) in [6.07, 6.45) is 5.17. The molecule has 0 amide bonds. The van der Waals surface area contributed by atoms with Crippen LogP contribution >= 0.6 is 11.8 Å². The Hall–Kier alpha value is 0.230. The molecular weight excluding hydrogens is 220 g/mol. The lowest BCUT2D eigenvalue weighted by molar-refractivity contribution is -0.0251. The van der Waals surface area contributed by atoms with Gasteiger partial charge in [-0.3, -0.25) is 4.90 Å². The van der Waals surface area contributed by atoms with Crippen molar-refractivity contribution in [1.29, 1.82) is 0 Å². The molecule has 1 heterocycles. The first-order chi connectivity index (χ1) is 7.86. The molecule has 0 spiro atoms. The fourth-order valence-corrected chi connectivity index (χ4v) is 2.44. The quantitative estimate of drug-likeness (QED) is 0.655. The lowest BCUT2D eigenvalue weighted by atomic mass is 10.2. The predicted molar refractivity (Wildman–Crippen MR) is 72.3 cm³/mol. The van der Waals surface area contributed by atoms with Crippen molar-refractivity contribution in [3.8, 4) is 0 Å². The minimum absolute atomic E-state index is 0.397. The van der Waals surface area contributed by atoms with E-state index in [1.165, 1.54) is 18.6 Å². The highest BCUT2D eigenvalue weighted by molar-refractivity contribution is 7.98. The van der Waals surface area contributed by atoms with Gasteiger partial charge in [-0.25, -0.2) is 0 Å². The summed E-state index contributed by atoms with van der Waals surface area (Å²) < 4.78 is 5.73. The van der Waals surface area contributed by atoms with Gasteiger partial charge in [0.2, 0.25) is 0 Å². The second-order valence-electron chi connectivity index (χ2n) is 4.29. The molecular formula is C12H26N2OS. The molecule has 1 rings (SSSR count). The summed E-state index contributed by atoms with van der Waals surface area (Å²) in [4.78, 5) is 2.46. The molecule has 96 valence electrons. The molecule has 16 heavy (non-hydrogen) atoms.